The first-order valence-corrected chi connectivity index (χ1v) is 4.69. The zero-order valence-corrected chi connectivity index (χ0v) is 9.46. The minimum Gasteiger partial charge on any atom is -0.481 e. The van der Waals surface area contributed by atoms with Crippen molar-refractivity contribution in [2.24, 2.45) is 5.73 Å². The van der Waals surface area contributed by atoms with Crippen molar-refractivity contribution in [1.29, 1.82) is 0 Å². The van der Waals surface area contributed by atoms with Crippen molar-refractivity contribution >= 4 is 18.4 Å². The Labute approximate surface area is 95.7 Å². The first kappa shape index (κ1) is 13.9. The Morgan fingerprint density at radius 1 is 1.40 bits per heavy atom. The predicted molar refractivity (Wildman–Crippen MR) is 62.2 cm³/mol. The van der Waals surface area contributed by atoms with Gasteiger partial charge in [0.1, 0.15) is 0 Å². The van der Waals surface area contributed by atoms with Gasteiger partial charge in [0.05, 0.1) is 6.42 Å². The van der Waals surface area contributed by atoms with E-state index in [4.69, 9.17) is 10.8 Å². The number of carbonyl (C=O) groups is 1. The van der Waals surface area contributed by atoms with Crippen LogP contribution >= 0.6 is 12.4 Å². The Morgan fingerprint density at radius 3 is 2.33 bits per heavy atom. The van der Waals surface area contributed by atoms with Gasteiger partial charge in [0.15, 0.2) is 0 Å². The Kier molecular flexibility index (Phi) is 5.97. The number of rotatable bonds is 4. The minimum atomic E-state index is -0.864. The van der Waals surface area contributed by atoms with E-state index in [1.807, 2.05) is 24.3 Å². The van der Waals surface area contributed by atoms with E-state index in [-0.39, 0.29) is 18.8 Å². The van der Waals surface area contributed by atoms with Gasteiger partial charge in [0.2, 0.25) is 0 Å². The van der Waals surface area contributed by atoms with Gasteiger partial charge in [-0.15, -0.1) is 12.4 Å². The van der Waals surface area contributed by atoms with Crippen LogP contribution in [0, 0.1) is 0 Å². The average Bonchev–Trinajstić information content (AvgIpc) is 2.17. The number of carboxylic acids is 1. The topological polar surface area (TPSA) is 63.3 Å². The summed E-state index contributed by atoms with van der Waals surface area (Å²) in [6.07, 6.45) is 0.958. The monoisotopic (exact) mass is 229 g/mol. The fraction of sp³-hybridized carbons (Fsp3) is 0.364. The number of aliphatic carboxylic acids is 1. The molecule has 0 aromatic heterocycles. The molecule has 0 radical (unpaired) electrons. The highest BCUT2D eigenvalue weighted by Crippen LogP contribution is 2.14. The van der Waals surface area contributed by atoms with E-state index in [0.717, 1.165) is 12.0 Å². The van der Waals surface area contributed by atoms with Gasteiger partial charge in [-0.2, -0.15) is 0 Å². The second-order valence-corrected chi connectivity index (χ2v) is 3.30. The van der Waals surface area contributed by atoms with Gasteiger partial charge in [0, 0.05) is 6.04 Å². The predicted octanol–water partition coefficient (Wildman–Crippen LogP) is 2.15. The van der Waals surface area contributed by atoms with Crippen LogP contribution in [0.2, 0.25) is 0 Å². The maximum atomic E-state index is 10.4. The summed E-state index contributed by atoms with van der Waals surface area (Å²) in [7, 11) is 0. The Hall–Kier alpha value is -1.06. The molecule has 1 rings (SSSR count). The molecular formula is C11H16ClNO2. The third-order valence-electron chi connectivity index (χ3n) is 2.21. The zero-order chi connectivity index (χ0) is 10.6. The molecule has 1 atom stereocenters. The lowest BCUT2D eigenvalue weighted by atomic mass is 10.0. The molecule has 84 valence electrons. The van der Waals surface area contributed by atoms with Crippen LogP contribution in [0.5, 0.6) is 0 Å². The molecule has 0 saturated carbocycles. The summed E-state index contributed by atoms with van der Waals surface area (Å²) < 4.78 is 0. The maximum absolute atomic E-state index is 10.4. The number of halogens is 1. The second kappa shape index (κ2) is 6.43. The Bertz CT molecular complexity index is 311. The van der Waals surface area contributed by atoms with Crippen molar-refractivity contribution in [1.82, 2.24) is 0 Å². The lowest BCUT2D eigenvalue weighted by molar-refractivity contribution is -0.137. The molecule has 1 unspecified atom stereocenters. The lowest BCUT2D eigenvalue weighted by Gasteiger charge is -2.09. The molecule has 0 amide bonds. The zero-order valence-electron chi connectivity index (χ0n) is 8.64. The van der Waals surface area contributed by atoms with Crippen LogP contribution < -0.4 is 5.73 Å². The number of hydrogen-bond acceptors (Lipinski definition) is 2. The Morgan fingerprint density at radius 2 is 1.93 bits per heavy atom. The van der Waals surface area contributed by atoms with Crippen molar-refractivity contribution in [3.63, 3.8) is 0 Å². The lowest BCUT2D eigenvalue weighted by Crippen LogP contribution is -2.14. The molecule has 0 saturated heterocycles. The average molecular weight is 230 g/mol. The van der Waals surface area contributed by atoms with Crippen molar-refractivity contribution in [2.75, 3.05) is 0 Å². The summed E-state index contributed by atoms with van der Waals surface area (Å²) in [5.41, 5.74) is 7.82. The molecule has 1 aromatic carbocycles. The van der Waals surface area contributed by atoms with Gasteiger partial charge >= 0.3 is 5.97 Å². The molecule has 1 aromatic rings. The van der Waals surface area contributed by atoms with Crippen molar-refractivity contribution < 1.29 is 9.90 Å². The van der Waals surface area contributed by atoms with Crippen molar-refractivity contribution in [2.45, 2.75) is 25.8 Å². The SMILES string of the molecule is CCc1ccc(C(N)CC(=O)O)cc1.Cl. The number of carboxylic acid groups (broad SMARTS) is 1. The van der Waals surface area contributed by atoms with Crippen LogP contribution in [-0.2, 0) is 11.2 Å². The highest BCUT2D eigenvalue weighted by molar-refractivity contribution is 5.85. The number of nitrogens with two attached hydrogens (primary N) is 1. The van der Waals surface area contributed by atoms with Crippen LogP contribution in [0.1, 0.15) is 30.5 Å². The second-order valence-electron chi connectivity index (χ2n) is 3.30. The maximum Gasteiger partial charge on any atom is 0.305 e. The number of benzene rings is 1. The third-order valence-corrected chi connectivity index (χ3v) is 2.21. The highest BCUT2D eigenvalue weighted by Gasteiger charge is 2.09. The highest BCUT2D eigenvalue weighted by atomic mass is 35.5. The van der Waals surface area contributed by atoms with Gasteiger partial charge in [-0.05, 0) is 17.5 Å². The van der Waals surface area contributed by atoms with E-state index in [2.05, 4.69) is 6.92 Å². The van der Waals surface area contributed by atoms with Crippen LogP contribution in [0.3, 0.4) is 0 Å². The molecule has 0 heterocycles. The van der Waals surface area contributed by atoms with Gasteiger partial charge in [-0.1, -0.05) is 31.2 Å². The molecule has 0 bridgehead atoms. The fourth-order valence-electron chi connectivity index (χ4n) is 1.31. The van der Waals surface area contributed by atoms with Gasteiger partial charge in [-0.25, -0.2) is 0 Å². The largest absolute Gasteiger partial charge is 0.481 e. The van der Waals surface area contributed by atoms with Crippen molar-refractivity contribution in [3.05, 3.63) is 35.4 Å². The molecule has 4 heteroatoms. The van der Waals surface area contributed by atoms with Crippen LogP contribution in [0.15, 0.2) is 24.3 Å². The molecule has 0 spiro atoms. The Balaban J connectivity index is 0.00000196. The first-order chi connectivity index (χ1) is 6.63. The molecule has 0 aliphatic rings. The van der Waals surface area contributed by atoms with Crippen LogP contribution in [-0.4, -0.2) is 11.1 Å². The molecule has 0 fully saturated rings. The summed E-state index contributed by atoms with van der Waals surface area (Å²) >= 11 is 0. The molecular weight excluding hydrogens is 214 g/mol. The molecule has 3 N–H and O–H groups in total. The molecule has 3 nitrogen and oxygen atoms in total. The summed E-state index contributed by atoms with van der Waals surface area (Å²) in [4.78, 5) is 10.4. The van der Waals surface area contributed by atoms with E-state index in [0.29, 0.717) is 0 Å². The minimum absolute atomic E-state index is 0. The molecule has 15 heavy (non-hydrogen) atoms. The van der Waals surface area contributed by atoms with E-state index in [1.54, 1.807) is 0 Å². The van der Waals surface area contributed by atoms with Crippen molar-refractivity contribution in [3.8, 4) is 0 Å². The van der Waals surface area contributed by atoms with Gasteiger partial charge in [-0.3, -0.25) is 4.79 Å². The van der Waals surface area contributed by atoms with Crippen LogP contribution in [0.25, 0.3) is 0 Å². The first-order valence-electron chi connectivity index (χ1n) is 4.69. The summed E-state index contributed by atoms with van der Waals surface area (Å²) in [5.74, 6) is -0.864. The smallest absolute Gasteiger partial charge is 0.305 e. The van der Waals surface area contributed by atoms with E-state index < -0.39 is 12.0 Å². The van der Waals surface area contributed by atoms with E-state index in [1.165, 1.54) is 5.56 Å². The van der Waals surface area contributed by atoms with Gasteiger partial charge in [0.25, 0.3) is 0 Å². The van der Waals surface area contributed by atoms with Crippen LogP contribution in [0.4, 0.5) is 0 Å². The van der Waals surface area contributed by atoms with Gasteiger partial charge < -0.3 is 10.8 Å². The molecule has 0 aliphatic carbocycles. The standard InChI is InChI=1S/C11H15NO2.ClH/c1-2-8-3-5-9(6-4-8)10(12)7-11(13)14;/h3-6,10H,2,7,12H2,1H3,(H,13,14);1H. The number of hydrogen-bond donors (Lipinski definition) is 2. The normalized spacial score (nSPS) is 11.6. The van der Waals surface area contributed by atoms with E-state index in [9.17, 15) is 4.79 Å². The number of aryl methyl sites for hydroxylation is 1. The molecule has 0 aliphatic heterocycles. The quantitative estimate of drug-likeness (QED) is 0.832. The third kappa shape index (κ3) is 4.32. The van der Waals surface area contributed by atoms with E-state index >= 15 is 0 Å². The summed E-state index contributed by atoms with van der Waals surface area (Å²) in [6.45, 7) is 2.08. The summed E-state index contributed by atoms with van der Waals surface area (Å²) in [6, 6.07) is 7.35. The summed E-state index contributed by atoms with van der Waals surface area (Å²) in [5, 5.41) is 8.57. The fourth-order valence-corrected chi connectivity index (χ4v) is 1.31.